The van der Waals surface area contributed by atoms with E-state index in [0.717, 1.165) is 0 Å². The topological polar surface area (TPSA) is 125 Å². The smallest absolute Gasteiger partial charge is 0.271 e. The maximum absolute atomic E-state index is 12.3. The fraction of sp³-hybridized carbons (Fsp3) is 0.333. The van der Waals surface area contributed by atoms with Gasteiger partial charge in [0.1, 0.15) is 5.75 Å². The highest BCUT2D eigenvalue weighted by molar-refractivity contribution is 8.00. The minimum Gasteiger partial charge on any atom is -0.495 e. The second kappa shape index (κ2) is 7.05. The molecular formula is C12H14N6O4S. The Labute approximate surface area is 135 Å². The quantitative estimate of drug-likeness (QED) is 0.474. The molecule has 1 heterocycles. The van der Waals surface area contributed by atoms with E-state index in [9.17, 15) is 14.9 Å². The molecule has 2 aromatic rings. The van der Waals surface area contributed by atoms with Crippen LogP contribution in [-0.4, -0.2) is 43.4 Å². The second-order valence-corrected chi connectivity index (χ2v) is 5.78. The molecule has 0 spiro atoms. The number of benzene rings is 1. The number of rotatable bonds is 6. The molecular weight excluding hydrogens is 324 g/mol. The van der Waals surface area contributed by atoms with Crippen molar-refractivity contribution < 1.29 is 14.5 Å². The Morgan fingerprint density at radius 1 is 1.52 bits per heavy atom. The monoisotopic (exact) mass is 338 g/mol. The van der Waals surface area contributed by atoms with Crippen LogP contribution >= 0.6 is 11.8 Å². The van der Waals surface area contributed by atoms with Crippen molar-refractivity contribution >= 4 is 29.0 Å². The zero-order valence-corrected chi connectivity index (χ0v) is 13.4. The summed E-state index contributed by atoms with van der Waals surface area (Å²) in [6.07, 6.45) is 0. The van der Waals surface area contributed by atoms with Gasteiger partial charge in [0, 0.05) is 19.2 Å². The molecule has 0 aliphatic heterocycles. The third-order valence-corrected chi connectivity index (χ3v) is 4.01. The second-order valence-electron chi connectivity index (χ2n) is 4.48. The summed E-state index contributed by atoms with van der Waals surface area (Å²) in [5.74, 6) is -0.0155. The summed E-state index contributed by atoms with van der Waals surface area (Å²) in [7, 11) is 3.08. The number of nitro benzene ring substituents is 1. The number of ether oxygens (including phenoxy) is 1. The zero-order valence-electron chi connectivity index (χ0n) is 12.6. The number of amides is 1. The van der Waals surface area contributed by atoms with E-state index in [1.807, 2.05) is 0 Å². The van der Waals surface area contributed by atoms with Crippen LogP contribution in [-0.2, 0) is 11.8 Å². The lowest BCUT2D eigenvalue weighted by atomic mass is 10.2. The van der Waals surface area contributed by atoms with Crippen molar-refractivity contribution in [3.63, 3.8) is 0 Å². The molecule has 1 aromatic carbocycles. The summed E-state index contributed by atoms with van der Waals surface area (Å²) in [6.45, 7) is 1.68. The fourth-order valence-electron chi connectivity index (χ4n) is 1.67. The minimum absolute atomic E-state index is 0.140. The number of hydrogen-bond donors (Lipinski definition) is 1. The Morgan fingerprint density at radius 2 is 2.26 bits per heavy atom. The van der Waals surface area contributed by atoms with E-state index in [2.05, 4.69) is 20.8 Å². The normalized spacial score (nSPS) is 11.8. The van der Waals surface area contributed by atoms with Gasteiger partial charge in [-0.2, -0.15) is 0 Å². The van der Waals surface area contributed by atoms with Crippen molar-refractivity contribution in [1.82, 2.24) is 20.2 Å². The minimum atomic E-state index is -0.543. The highest BCUT2D eigenvalue weighted by atomic mass is 32.2. The van der Waals surface area contributed by atoms with Crippen LogP contribution in [0.3, 0.4) is 0 Å². The number of thioether (sulfide) groups is 1. The largest absolute Gasteiger partial charge is 0.495 e. The van der Waals surface area contributed by atoms with Gasteiger partial charge in [0.05, 0.1) is 23.0 Å². The van der Waals surface area contributed by atoms with Crippen molar-refractivity contribution in [3.8, 4) is 5.75 Å². The first-order chi connectivity index (χ1) is 10.9. The predicted octanol–water partition coefficient (Wildman–Crippen LogP) is 1.25. The molecule has 0 aliphatic carbocycles. The van der Waals surface area contributed by atoms with Gasteiger partial charge in [-0.05, 0) is 23.4 Å². The molecule has 0 radical (unpaired) electrons. The Morgan fingerprint density at radius 3 is 2.83 bits per heavy atom. The lowest BCUT2D eigenvalue weighted by Crippen LogP contribution is -2.23. The number of carbonyl (C=O) groups is 1. The molecule has 1 atom stereocenters. The molecule has 10 nitrogen and oxygen atoms in total. The number of non-ortho nitro benzene ring substituents is 1. The number of nitrogens with one attached hydrogen (secondary N) is 1. The molecule has 0 aliphatic rings. The van der Waals surface area contributed by atoms with Gasteiger partial charge < -0.3 is 10.1 Å². The average Bonchev–Trinajstić information content (AvgIpc) is 2.92. The molecule has 0 unspecified atom stereocenters. The SMILES string of the molecule is COc1ccc([N+](=O)[O-])cc1NC(=O)[C@H](C)Sc1nnnn1C. The van der Waals surface area contributed by atoms with Gasteiger partial charge in [-0.3, -0.25) is 14.9 Å². The number of anilines is 1. The van der Waals surface area contributed by atoms with Crippen LogP contribution in [0.5, 0.6) is 5.75 Å². The van der Waals surface area contributed by atoms with E-state index in [-0.39, 0.29) is 17.3 Å². The summed E-state index contributed by atoms with van der Waals surface area (Å²) in [6, 6.07) is 3.98. The number of carbonyl (C=O) groups excluding carboxylic acids is 1. The maximum atomic E-state index is 12.3. The van der Waals surface area contributed by atoms with Crippen LogP contribution in [0.4, 0.5) is 11.4 Å². The van der Waals surface area contributed by atoms with Gasteiger partial charge in [-0.25, -0.2) is 4.68 Å². The number of tetrazole rings is 1. The number of aromatic nitrogens is 4. The number of aryl methyl sites for hydroxylation is 1. The molecule has 2 rings (SSSR count). The molecule has 1 amide bonds. The van der Waals surface area contributed by atoms with E-state index >= 15 is 0 Å². The van der Waals surface area contributed by atoms with Gasteiger partial charge in [0.25, 0.3) is 5.69 Å². The van der Waals surface area contributed by atoms with Gasteiger partial charge in [0.2, 0.25) is 11.1 Å². The van der Waals surface area contributed by atoms with Crippen molar-refractivity contribution in [2.45, 2.75) is 17.3 Å². The first-order valence-corrected chi connectivity index (χ1v) is 7.32. The molecule has 0 saturated carbocycles. The summed E-state index contributed by atoms with van der Waals surface area (Å²) in [5, 5.41) is 24.4. The van der Waals surface area contributed by atoms with Crippen LogP contribution in [0.25, 0.3) is 0 Å². The van der Waals surface area contributed by atoms with Crippen molar-refractivity contribution in [1.29, 1.82) is 0 Å². The fourth-order valence-corrected chi connectivity index (χ4v) is 2.43. The molecule has 23 heavy (non-hydrogen) atoms. The van der Waals surface area contributed by atoms with Crippen LogP contribution in [0, 0.1) is 10.1 Å². The summed E-state index contributed by atoms with van der Waals surface area (Å²) in [4.78, 5) is 22.6. The van der Waals surface area contributed by atoms with Gasteiger partial charge >= 0.3 is 0 Å². The third-order valence-electron chi connectivity index (χ3n) is 2.88. The average molecular weight is 338 g/mol. The number of nitro groups is 1. The predicted molar refractivity (Wildman–Crippen MR) is 82.4 cm³/mol. The number of nitrogens with zero attached hydrogens (tertiary/aromatic N) is 5. The maximum Gasteiger partial charge on any atom is 0.271 e. The Balaban J connectivity index is 2.14. The van der Waals surface area contributed by atoms with E-state index < -0.39 is 10.2 Å². The first-order valence-electron chi connectivity index (χ1n) is 6.44. The molecule has 0 saturated heterocycles. The Hall–Kier alpha value is -2.69. The van der Waals surface area contributed by atoms with Gasteiger partial charge in [-0.15, -0.1) is 5.10 Å². The molecule has 0 fully saturated rings. The highest BCUT2D eigenvalue weighted by Gasteiger charge is 2.20. The van der Waals surface area contributed by atoms with E-state index in [0.29, 0.717) is 10.9 Å². The van der Waals surface area contributed by atoms with Gasteiger partial charge in [0.15, 0.2) is 0 Å². The van der Waals surface area contributed by atoms with E-state index in [1.54, 1.807) is 14.0 Å². The molecule has 1 N–H and O–H groups in total. The van der Waals surface area contributed by atoms with Gasteiger partial charge in [-0.1, -0.05) is 11.8 Å². The molecule has 0 bridgehead atoms. The molecule has 11 heteroatoms. The lowest BCUT2D eigenvalue weighted by Gasteiger charge is -2.13. The Kier molecular flexibility index (Phi) is 5.11. The van der Waals surface area contributed by atoms with E-state index in [1.165, 1.54) is 41.8 Å². The Bertz CT molecular complexity index is 734. The van der Waals surface area contributed by atoms with E-state index in [4.69, 9.17) is 4.74 Å². The lowest BCUT2D eigenvalue weighted by molar-refractivity contribution is -0.384. The summed E-state index contributed by atoms with van der Waals surface area (Å²) in [5.41, 5.74) is 0.0918. The molecule has 122 valence electrons. The zero-order chi connectivity index (χ0) is 17.0. The number of hydrogen-bond acceptors (Lipinski definition) is 8. The van der Waals surface area contributed by atoms with Crippen molar-refractivity contribution in [3.05, 3.63) is 28.3 Å². The highest BCUT2D eigenvalue weighted by Crippen LogP contribution is 2.30. The third kappa shape index (κ3) is 3.94. The summed E-state index contributed by atoms with van der Waals surface area (Å²) >= 11 is 1.17. The van der Waals surface area contributed by atoms with Crippen molar-refractivity contribution in [2.75, 3.05) is 12.4 Å². The van der Waals surface area contributed by atoms with Crippen LogP contribution in [0.1, 0.15) is 6.92 Å². The first kappa shape index (κ1) is 16.7. The van der Waals surface area contributed by atoms with Crippen LogP contribution in [0.15, 0.2) is 23.4 Å². The van der Waals surface area contributed by atoms with Crippen LogP contribution in [0.2, 0.25) is 0 Å². The van der Waals surface area contributed by atoms with Crippen LogP contribution < -0.4 is 10.1 Å². The standard InChI is InChI=1S/C12H14N6O4S/c1-7(23-12-14-15-16-17(12)2)11(19)13-9-6-8(18(20)21)4-5-10(9)22-3/h4-7H,1-3H3,(H,13,19)/t7-/m0/s1. The van der Waals surface area contributed by atoms with Crippen molar-refractivity contribution in [2.24, 2.45) is 7.05 Å². The summed E-state index contributed by atoms with van der Waals surface area (Å²) < 4.78 is 6.55. The number of methoxy groups -OCH3 is 1. The molecule has 1 aromatic heterocycles.